The Morgan fingerprint density at radius 3 is 3.15 bits per heavy atom. The van der Waals surface area contributed by atoms with Crippen molar-refractivity contribution in [1.29, 1.82) is 0 Å². The molecule has 1 aromatic rings. The van der Waals surface area contributed by atoms with Crippen molar-refractivity contribution < 1.29 is 19.4 Å². The Kier molecular flexibility index (Phi) is 4.92. The first-order valence-corrected chi connectivity index (χ1v) is 6.68. The molecule has 6 nitrogen and oxygen atoms in total. The SMILES string of the molecule is COCCC1CN(c2nccc(C)c2C(=O)O)CCO1. The van der Waals surface area contributed by atoms with Crippen LogP contribution in [0.3, 0.4) is 0 Å². The van der Waals surface area contributed by atoms with Crippen LogP contribution in [0.1, 0.15) is 22.3 Å². The molecular formula is C14H20N2O4. The Morgan fingerprint density at radius 1 is 1.65 bits per heavy atom. The first-order chi connectivity index (χ1) is 9.63. The largest absolute Gasteiger partial charge is 0.478 e. The number of aromatic nitrogens is 1. The lowest BCUT2D eigenvalue weighted by molar-refractivity contribution is 0.0188. The van der Waals surface area contributed by atoms with Crippen molar-refractivity contribution in [1.82, 2.24) is 4.98 Å². The second-order valence-corrected chi connectivity index (χ2v) is 4.85. The Morgan fingerprint density at radius 2 is 2.45 bits per heavy atom. The van der Waals surface area contributed by atoms with Crippen LogP contribution in [0, 0.1) is 6.92 Å². The highest BCUT2D eigenvalue weighted by atomic mass is 16.5. The highest BCUT2D eigenvalue weighted by Crippen LogP contribution is 2.23. The molecule has 6 heteroatoms. The molecule has 1 unspecified atom stereocenters. The average molecular weight is 280 g/mol. The minimum atomic E-state index is -0.939. The van der Waals surface area contributed by atoms with Gasteiger partial charge in [0, 0.05) is 33.0 Å². The number of hydrogen-bond donors (Lipinski definition) is 1. The number of aromatic carboxylic acids is 1. The molecule has 2 heterocycles. The number of ether oxygens (including phenoxy) is 2. The van der Waals surface area contributed by atoms with Crippen LogP contribution in [0.4, 0.5) is 5.82 Å². The van der Waals surface area contributed by atoms with E-state index >= 15 is 0 Å². The third-order valence-electron chi connectivity index (χ3n) is 3.44. The average Bonchev–Trinajstić information content (AvgIpc) is 2.44. The lowest BCUT2D eigenvalue weighted by atomic mass is 10.1. The van der Waals surface area contributed by atoms with E-state index in [4.69, 9.17) is 9.47 Å². The van der Waals surface area contributed by atoms with E-state index in [1.807, 2.05) is 4.90 Å². The smallest absolute Gasteiger partial charge is 0.339 e. The summed E-state index contributed by atoms with van der Waals surface area (Å²) in [6, 6.07) is 1.72. The van der Waals surface area contributed by atoms with Gasteiger partial charge in [-0.05, 0) is 25.0 Å². The number of carboxylic acids is 1. The summed E-state index contributed by atoms with van der Waals surface area (Å²) < 4.78 is 10.7. The predicted octanol–water partition coefficient (Wildman–Crippen LogP) is 1.33. The Bertz CT molecular complexity index is 478. The van der Waals surface area contributed by atoms with Gasteiger partial charge in [0.1, 0.15) is 11.4 Å². The maximum Gasteiger partial charge on any atom is 0.339 e. The van der Waals surface area contributed by atoms with Crippen molar-refractivity contribution in [2.45, 2.75) is 19.4 Å². The fourth-order valence-corrected chi connectivity index (χ4v) is 2.38. The van der Waals surface area contributed by atoms with Gasteiger partial charge in [-0.2, -0.15) is 0 Å². The van der Waals surface area contributed by atoms with Crippen LogP contribution in [0.2, 0.25) is 0 Å². The monoisotopic (exact) mass is 280 g/mol. The van der Waals surface area contributed by atoms with E-state index in [1.54, 1.807) is 26.3 Å². The summed E-state index contributed by atoms with van der Waals surface area (Å²) in [6.45, 7) is 4.28. The van der Waals surface area contributed by atoms with E-state index in [1.165, 1.54) is 0 Å². The molecule has 2 rings (SSSR count). The zero-order chi connectivity index (χ0) is 14.5. The van der Waals surface area contributed by atoms with Crippen molar-refractivity contribution in [2.75, 3.05) is 38.3 Å². The summed E-state index contributed by atoms with van der Waals surface area (Å²) >= 11 is 0. The summed E-state index contributed by atoms with van der Waals surface area (Å²) in [5.41, 5.74) is 1.00. The van der Waals surface area contributed by atoms with Crippen LogP contribution in [-0.2, 0) is 9.47 Å². The second-order valence-electron chi connectivity index (χ2n) is 4.85. The lowest BCUT2D eigenvalue weighted by Crippen LogP contribution is -2.44. The quantitative estimate of drug-likeness (QED) is 0.877. The highest BCUT2D eigenvalue weighted by Gasteiger charge is 2.25. The van der Waals surface area contributed by atoms with E-state index in [0.717, 1.165) is 12.0 Å². The summed E-state index contributed by atoms with van der Waals surface area (Å²) in [7, 11) is 1.66. The van der Waals surface area contributed by atoms with Crippen LogP contribution in [-0.4, -0.2) is 55.6 Å². The van der Waals surface area contributed by atoms with Crippen molar-refractivity contribution in [2.24, 2.45) is 0 Å². The van der Waals surface area contributed by atoms with E-state index in [9.17, 15) is 9.90 Å². The second kappa shape index (κ2) is 6.67. The number of hydrogen-bond acceptors (Lipinski definition) is 5. The normalized spacial score (nSPS) is 19.1. The third kappa shape index (κ3) is 3.26. The number of aryl methyl sites for hydroxylation is 1. The Hall–Kier alpha value is -1.66. The van der Waals surface area contributed by atoms with Gasteiger partial charge in [0.2, 0.25) is 0 Å². The van der Waals surface area contributed by atoms with Gasteiger partial charge in [-0.3, -0.25) is 0 Å². The van der Waals surface area contributed by atoms with Crippen LogP contribution < -0.4 is 4.90 Å². The predicted molar refractivity (Wildman–Crippen MR) is 74.4 cm³/mol. The standard InChI is InChI=1S/C14H20N2O4/c1-10-3-5-15-13(12(10)14(17)18)16-6-8-20-11(9-16)4-7-19-2/h3,5,11H,4,6-9H2,1-2H3,(H,17,18). The van der Waals surface area contributed by atoms with Gasteiger partial charge in [-0.25, -0.2) is 9.78 Å². The third-order valence-corrected chi connectivity index (χ3v) is 3.44. The zero-order valence-electron chi connectivity index (χ0n) is 11.8. The lowest BCUT2D eigenvalue weighted by Gasteiger charge is -2.34. The van der Waals surface area contributed by atoms with Crippen LogP contribution in [0.15, 0.2) is 12.3 Å². The van der Waals surface area contributed by atoms with Gasteiger partial charge in [0.15, 0.2) is 0 Å². The summed E-state index contributed by atoms with van der Waals surface area (Å²) in [6.07, 6.45) is 2.49. The number of pyridine rings is 1. The topological polar surface area (TPSA) is 71.9 Å². The van der Waals surface area contributed by atoms with E-state index in [-0.39, 0.29) is 11.7 Å². The number of carboxylic acid groups (broad SMARTS) is 1. The zero-order valence-corrected chi connectivity index (χ0v) is 11.8. The van der Waals surface area contributed by atoms with Crippen molar-refractivity contribution in [3.8, 4) is 0 Å². The van der Waals surface area contributed by atoms with Crippen molar-refractivity contribution in [3.05, 3.63) is 23.4 Å². The molecule has 0 saturated carbocycles. The van der Waals surface area contributed by atoms with E-state index in [0.29, 0.717) is 32.1 Å². The number of carbonyl (C=O) groups is 1. The van der Waals surface area contributed by atoms with Gasteiger partial charge in [0.05, 0.1) is 12.7 Å². The maximum atomic E-state index is 11.4. The molecule has 1 N–H and O–H groups in total. The number of anilines is 1. The minimum Gasteiger partial charge on any atom is -0.478 e. The fourth-order valence-electron chi connectivity index (χ4n) is 2.38. The molecule has 1 aromatic heterocycles. The van der Waals surface area contributed by atoms with Crippen molar-refractivity contribution in [3.63, 3.8) is 0 Å². The van der Waals surface area contributed by atoms with E-state index < -0.39 is 5.97 Å². The summed E-state index contributed by atoms with van der Waals surface area (Å²) in [4.78, 5) is 17.7. The molecule has 0 amide bonds. The molecule has 20 heavy (non-hydrogen) atoms. The van der Waals surface area contributed by atoms with E-state index in [2.05, 4.69) is 4.98 Å². The van der Waals surface area contributed by atoms with Crippen LogP contribution in [0.25, 0.3) is 0 Å². The summed E-state index contributed by atoms with van der Waals surface area (Å²) in [5.74, 6) is -0.409. The Balaban J connectivity index is 2.18. The molecule has 1 saturated heterocycles. The number of nitrogens with zero attached hydrogens (tertiary/aromatic N) is 2. The maximum absolute atomic E-state index is 11.4. The Labute approximate surface area is 118 Å². The molecular weight excluding hydrogens is 260 g/mol. The molecule has 1 aliphatic rings. The molecule has 1 atom stereocenters. The van der Waals surface area contributed by atoms with Crippen LogP contribution in [0.5, 0.6) is 0 Å². The number of rotatable bonds is 5. The molecule has 0 aromatic carbocycles. The molecule has 0 bridgehead atoms. The first-order valence-electron chi connectivity index (χ1n) is 6.68. The molecule has 0 spiro atoms. The molecule has 110 valence electrons. The molecule has 0 radical (unpaired) electrons. The van der Waals surface area contributed by atoms with Gasteiger partial charge < -0.3 is 19.5 Å². The summed E-state index contributed by atoms with van der Waals surface area (Å²) in [5, 5.41) is 9.37. The number of methoxy groups -OCH3 is 1. The molecule has 1 aliphatic heterocycles. The minimum absolute atomic E-state index is 0.0488. The molecule has 0 aliphatic carbocycles. The van der Waals surface area contributed by atoms with Gasteiger partial charge in [0.25, 0.3) is 0 Å². The first kappa shape index (κ1) is 14.7. The van der Waals surface area contributed by atoms with Crippen molar-refractivity contribution >= 4 is 11.8 Å². The van der Waals surface area contributed by atoms with Crippen LogP contribution >= 0.6 is 0 Å². The van der Waals surface area contributed by atoms with Gasteiger partial charge in [-0.1, -0.05) is 0 Å². The molecule has 1 fully saturated rings. The van der Waals surface area contributed by atoms with Gasteiger partial charge in [-0.15, -0.1) is 0 Å². The highest BCUT2D eigenvalue weighted by molar-refractivity contribution is 5.95. The van der Waals surface area contributed by atoms with Gasteiger partial charge >= 0.3 is 5.97 Å². The number of morpholine rings is 1. The fraction of sp³-hybridized carbons (Fsp3) is 0.571.